The minimum atomic E-state index is 0.0168. The Bertz CT molecular complexity index is 1150. The van der Waals surface area contributed by atoms with Crippen LogP contribution in [-0.2, 0) is 5.41 Å². The van der Waals surface area contributed by atoms with Crippen molar-refractivity contribution in [1.82, 2.24) is 0 Å². The van der Waals surface area contributed by atoms with E-state index >= 15 is 0 Å². The molecule has 0 amide bonds. The average molecular weight is 367 g/mol. The van der Waals surface area contributed by atoms with Crippen molar-refractivity contribution in [2.45, 2.75) is 63.2 Å². The highest BCUT2D eigenvalue weighted by Gasteiger charge is 2.51. The van der Waals surface area contributed by atoms with Gasteiger partial charge in [-0.2, -0.15) is 4.57 Å². The van der Waals surface area contributed by atoms with Gasteiger partial charge in [0.05, 0.1) is 16.4 Å². The van der Waals surface area contributed by atoms with E-state index in [1.807, 2.05) is 0 Å². The Hall–Kier alpha value is -2.41. The van der Waals surface area contributed by atoms with Gasteiger partial charge in [-0.15, -0.1) is 0 Å². The molecule has 0 spiro atoms. The summed E-state index contributed by atoms with van der Waals surface area (Å²) in [6, 6.07) is 18.3. The molecule has 2 bridgehead atoms. The van der Waals surface area contributed by atoms with Crippen LogP contribution >= 0.6 is 0 Å². The zero-order valence-corrected chi connectivity index (χ0v) is 17.0. The molecule has 2 aliphatic carbocycles. The van der Waals surface area contributed by atoms with E-state index in [-0.39, 0.29) is 5.41 Å². The second-order valence-electron chi connectivity index (χ2n) is 9.02. The van der Waals surface area contributed by atoms with Crippen LogP contribution in [0.4, 0.5) is 0 Å². The van der Waals surface area contributed by atoms with E-state index in [0.717, 1.165) is 24.7 Å². The topological polar surface area (TPSA) is 3.88 Å². The second kappa shape index (κ2) is 5.56. The standard InChI is InChI=1S/C27H28N/c1-4-27(5-2)17(3)28-23-13-9-7-11-21(23)24-18-14-15-19(16-18)25(24)26(28)20-10-6-8-12-22(20)27/h6-13,18-19H,3-5,14-16H2,1-2H3/q+1. The van der Waals surface area contributed by atoms with Gasteiger partial charge in [-0.25, -0.2) is 0 Å². The van der Waals surface area contributed by atoms with E-state index in [9.17, 15) is 0 Å². The van der Waals surface area contributed by atoms with Crippen molar-refractivity contribution < 1.29 is 4.57 Å². The quantitative estimate of drug-likeness (QED) is 0.444. The van der Waals surface area contributed by atoms with Crippen molar-refractivity contribution in [2.75, 3.05) is 0 Å². The van der Waals surface area contributed by atoms with Gasteiger partial charge in [0, 0.05) is 11.6 Å². The van der Waals surface area contributed by atoms with Crippen LogP contribution in [0.2, 0.25) is 0 Å². The molecule has 2 unspecified atom stereocenters. The summed E-state index contributed by atoms with van der Waals surface area (Å²) in [5.74, 6) is 1.47. The zero-order valence-electron chi connectivity index (χ0n) is 17.0. The smallest absolute Gasteiger partial charge is 0.156 e. The monoisotopic (exact) mass is 366 g/mol. The number of benzene rings is 2. The van der Waals surface area contributed by atoms with Crippen LogP contribution in [0.25, 0.3) is 27.9 Å². The first-order valence-corrected chi connectivity index (χ1v) is 11.0. The molecule has 6 rings (SSSR count). The van der Waals surface area contributed by atoms with E-state index in [4.69, 9.17) is 6.58 Å². The Balaban J connectivity index is 1.84. The summed E-state index contributed by atoms with van der Waals surface area (Å²) in [6.45, 7) is 9.41. The summed E-state index contributed by atoms with van der Waals surface area (Å²) in [5, 5.41) is 1.47. The number of rotatable bonds is 2. The van der Waals surface area contributed by atoms with Gasteiger partial charge in [0.15, 0.2) is 5.70 Å². The maximum atomic E-state index is 4.75. The van der Waals surface area contributed by atoms with Gasteiger partial charge in [-0.1, -0.05) is 44.2 Å². The van der Waals surface area contributed by atoms with Crippen molar-refractivity contribution in [3.63, 3.8) is 0 Å². The number of hydrogen-bond acceptors (Lipinski definition) is 0. The first kappa shape index (κ1) is 16.5. The minimum Gasteiger partial charge on any atom is -0.156 e. The summed E-state index contributed by atoms with van der Waals surface area (Å²) in [4.78, 5) is 0. The maximum Gasteiger partial charge on any atom is 0.222 e. The predicted molar refractivity (Wildman–Crippen MR) is 117 cm³/mol. The molecule has 1 nitrogen and oxygen atoms in total. The third-order valence-corrected chi connectivity index (χ3v) is 8.18. The summed E-state index contributed by atoms with van der Waals surface area (Å²) < 4.78 is 2.56. The molecule has 3 aliphatic rings. The van der Waals surface area contributed by atoms with E-state index in [0.29, 0.717) is 0 Å². The summed E-state index contributed by atoms with van der Waals surface area (Å²) in [7, 11) is 0. The number of pyridine rings is 1. The fourth-order valence-corrected chi connectivity index (χ4v) is 6.83. The normalized spacial score (nSPS) is 23.6. The largest absolute Gasteiger partial charge is 0.222 e. The fourth-order valence-electron chi connectivity index (χ4n) is 6.83. The number of para-hydroxylation sites is 1. The lowest BCUT2D eigenvalue weighted by atomic mass is 9.68. The molecule has 140 valence electrons. The Morgan fingerprint density at radius 1 is 0.929 bits per heavy atom. The van der Waals surface area contributed by atoms with Crippen LogP contribution < -0.4 is 4.57 Å². The van der Waals surface area contributed by atoms with Gasteiger partial charge in [0.25, 0.3) is 0 Å². The Morgan fingerprint density at radius 3 is 2.39 bits per heavy atom. The number of hydrogen-bond donors (Lipinski definition) is 0. The molecule has 1 saturated carbocycles. The number of aromatic nitrogens is 1. The van der Waals surface area contributed by atoms with Crippen molar-refractivity contribution in [3.05, 3.63) is 71.8 Å². The van der Waals surface area contributed by atoms with Crippen molar-refractivity contribution >= 4 is 16.6 Å². The van der Waals surface area contributed by atoms with Crippen LogP contribution in [0.5, 0.6) is 0 Å². The van der Waals surface area contributed by atoms with Gasteiger partial charge in [-0.3, -0.25) is 0 Å². The lowest BCUT2D eigenvalue weighted by molar-refractivity contribution is -0.549. The van der Waals surface area contributed by atoms with Crippen LogP contribution in [0.3, 0.4) is 0 Å². The van der Waals surface area contributed by atoms with E-state index < -0.39 is 0 Å². The van der Waals surface area contributed by atoms with Crippen LogP contribution in [0.15, 0.2) is 55.1 Å². The molecule has 1 fully saturated rings. The Kier molecular flexibility index (Phi) is 3.29. The Labute approximate surface area is 167 Å². The van der Waals surface area contributed by atoms with Crippen molar-refractivity contribution in [3.8, 4) is 11.3 Å². The fraction of sp³-hybridized carbons (Fsp3) is 0.370. The van der Waals surface area contributed by atoms with Gasteiger partial charge in [0.1, 0.15) is 0 Å². The lowest BCUT2D eigenvalue weighted by Crippen LogP contribution is -2.50. The molecular formula is C27H28N+. The predicted octanol–water partition coefficient (Wildman–Crippen LogP) is 6.70. The first-order chi connectivity index (χ1) is 13.7. The SMILES string of the molecule is C=C1[n+]2c(c3c(c4ccccc42)C2CCC3C2)-c2ccccc2C1(CC)CC. The van der Waals surface area contributed by atoms with Gasteiger partial charge < -0.3 is 0 Å². The second-order valence-corrected chi connectivity index (χ2v) is 9.02. The molecule has 28 heavy (non-hydrogen) atoms. The number of allylic oxidation sites excluding steroid dienone is 1. The highest BCUT2D eigenvalue weighted by molar-refractivity contribution is 5.89. The minimum absolute atomic E-state index is 0.0168. The molecule has 1 aliphatic heterocycles. The molecule has 3 aromatic rings. The summed E-state index contributed by atoms with van der Waals surface area (Å²) in [5.41, 5.74) is 10.3. The van der Waals surface area contributed by atoms with Gasteiger partial charge >= 0.3 is 0 Å². The van der Waals surface area contributed by atoms with Crippen LogP contribution in [0, 0.1) is 0 Å². The van der Waals surface area contributed by atoms with E-state index in [2.05, 4.69) is 66.9 Å². The van der Waals surface area contributed by atoms with Gasteiger partial charge in [0.2, 0.25) is 11.2 Å². The molecule has 0 N–H and O–H groups in total. The highest BCUT2D eigenvalue weighted by Crippen LogP contribution is 2.59. The molecule has 2 heterocycles. The number of fused-ring (bicyclic) bond motifs is 12. The molecule has 2 atom stereocenters. The third kappa shape index (κ3) is 1.76. The Morgan fingerprint density at radius 2 is 1.61 bits per heavy atom. The lowest BCUT2D eigenvalue weighted by Gasteiger charge is -2.37. The van der Waals surface area contributed by atoms with E-state index in [1.54, 1.807) is 11.1 Å². The molecule has 0 saturated heterocycles. The first-order valence-electron chi connectivity index (χ1n) is 11.0. The molecule has 1 aromatic heterocycles. The molecule has 0 radical (unpaired) electrons. The van der Waals surface area contributed by atoms with Crippen molar-refractivity contribution in [1.29, 1.82) is 0 Å². The summed E-state index contributed by atoms with van der Waals surface area (Å²) in [6.07, 6.45) is 6.23. The average Bonchev–Trinajstić information content (AvgIpc) is 3.37. The highest BCUT2D eigenvalue weighted by atomic mass is 15.0. The zero-order chi connectivity index (χ0) is 19.0. The van der Waals surface area contributed by atoms with Gasteiger partial charge in [-0.05, 0) is 73.8 Å². The van der Waals surface area contributed by atoms with E-state index in [1.165, 1.54) is 52.7 Å². The molecule has 2 aromatic carbocycles. The molecular weight excluding hydrogens is 338 g/mol. The van der Waals surface area contributed by atoms with Crippen molar-refractivity contribution in [2.24, 2.45) is 0 Å². The number of nitrogens with zero attached hydrogens (tertiary/aromatic N) is 1. The van der Waals surface area contributed by atoms with Crippen LogP contribution in [-0.4, -0.2) is 0 Å². The third-order valence-electron chi connectivity index (χ3n) is 8.18. The molecule has 1 heteroatoms. The summed E-state index contributed by atoms with van der Waals surface area (Å²) >= 11 is 0. The van der Waals surface area contributed by atoms with Crippen LogP contribution in [0.1, 0.15) is 74.5 Å². The maximum absolute atomic E-state index is 4.75.